The predicted molar refractivity (Wildman–Crippen MR) is 86.1 cm³/mol. The Bertz CT molecular complexity index is 884. The maximum absolute atomic E-state index is 12.6. The molecule has 0 bridgehead atoms. The van der Waals surface area contributed by atoms with Crippen LogP contribution in [0, 0.1) is 11.3 Å². The number of amides is 4. The molecule has 2 N–H and O–H groups in total. The van der Waals surface area contributed by atoms with Crippen LogP contribution in [0.2, 0.25) is 0 Å². The number of carbonyl (C=O) groups is 3. The van der Waals surface area contributed by atoms with Gasteiger partial charge in [-0.25, -0.2) is 4.79 Å². The van der Waals surface area contributed by atoms with E-state index in [4.69, 9.17) is 9.68 Å². The summed E-state index contributed by atoms with van der Waals surface area (Å²) in [6, 6.07) is 10.8. The average molecular weight is 338 g/mol. The molecule has 25 heavy (non-hydrogen) atoms. The molecule has 2 heterocycles. The van der Waals surface area contributed by atoms with Crippen molar-refractivity contribution in [2.24, 2.45) is 0 Å². The first kappa shape index (κ1) is 16.3. The van der Waals surface area contributed by atoms with Crippen molar-refractivity contribution < 1.29 is 18.8 Å². The van der Waals surface area contributed by atoms with Gasteiger partial charge in [-0.3, -0.25) is 14.5 Å². The van der Waals surface area contributed by atoms with Gasteiger partial charge in [0.05, 0.1) is 17.9 Å². The van der Waals surface area contributed by atoms with Crippen molar-refractivity contribution in [1.82, 2.24) is 10.2 Å². The van der Waals surface area contributed by atoms with Crippen LogP contribution in [0.4, 0.5) is 10.5 Å². The lowest BCUT2D eigenvalue weighted by Gasteiger charge is -2.18. The zero-order chi connectivity index (χ0) is 18.0. The molecule has 1 fully saturated rings. The molecule has 0 aliphatic carbocycles. The highest BCUT2D eigenvalue weighted by Crippen LogP contribution is 2.28. The van der Waals surface area contributed by atoms with Crippen LogP contribution in [0.25, 0.3) is 0 Å². The van der Waals surface area contributed by atoms with E-state index in [9.17, 15) is 14.4 Å². The van der Waals surface area contributed by atoms with Gasteiger partial charge in [-0.05, 0) is 37.3 Å². The van der Waals surface area contributed by atoms with Gasteiger partial charge in [0.2, 0.25) is 5.91 Å². The quantitative estimate of drug-likeness (QED) is 0.821. The molecule has 1 aliphatic heterocycles. The summed E-state index contributed by atoms with van der Waals surface area (Å²) in [5.74, 6) is -0.842. The van der Waals surface area contributed by atoms with Crippen LogP contribution in [0.15, 0.2) is 47.1 Å². The lowest BCUT2D eigenvalue weighted by molar-refractivity contribution is -0.134. The molecular formula is C17H14N4O4. The van der Waals surface area contributed by atoms with E-state index < -0.39 is 29.9 Å². The average Bonchev–Trinajstić information content (AvgIpc) is 3.20. The van der Waals surface area contributed by atoms with E-state index in [0.717, 1.165) is 4.90 Å². The van der Waals surface area contributed by atoms with Gasteiger partial charge in [-0.2, -0.15) is 5.26 Å². The first-order valence-corrected chi connectivity index (χ1v) is 7.42. The minimum absolute atomic E-state index is 0.287. The molecule has 3 rings (SSSR count). The second-order valence-corrected chi connectivity index (χ2v) is 5.66. The largest absolute Gasteiger partial charge is 0.466 e. The highest BCUT2D eigenvalue weighted by molar-refractivity contribution is 6.10. The molecule has 0 saturated carbocycles. The molecule has 1 aromatic carbocycles. The van der Waals surface area contributed by atoms with Crippen LogP contribution in [-0.2, 0) is 15.1 Å². The molecular weight excluding hydrogens is 324 g/mol. The van der Waals surface area contributed by atoms with Gasteiger partial charge < -0.3 is 15.1 Å². The number of nitrogens with zero attached hydrogens (tertiary/aromatic N) is 2. The molecule has 4 amide bonds. The number of hydrogen-bond acceptors (Lipinski definition) is 5. The maximum Gasteiger partial charge on any atom is 0.325 e. The molecule has 8 nitrogen and oxygen atoms in total. The standard InChI is InChI=1S/C17H14N4O4/c1-17(13-6-3-7-25-13)15(23)21(16(24)20-17)10-14(22)19-12-5-2-4-11(8-12)9-18/h2-8H,10H2,1H3,(H,19,22)(H,20,24)/t17-/m0/s1. The number of imide groups is 1. The number of nitrogens with one attached hydrogen (secondary N) is 2. The fraction of sp³-hybridized carbons (Fsp3) is 0.176. The Kier molecular flexibility index (Phi) is 3.99. The van der Waals surface area contributed by atoms with E-state index in [1.807, 2.05) is 6.07 Å². The zero-order valence-corrected chi connectivity index (χ0v) is 13.3. The summed E-state index contributed by atoms with van der Waals surface area (Å²) in [5, 5.41) is 14.0. The number of furan rings is 1. The van der Waals surface area contributed by atoms with Crippen LogP contribution in [0.3, 0.4) is 0 Å². The zero-order valence-electron chi connectivity index (χ0n) is 13.3. The van der Waals surface area contributed by atoms with Crippen molar-refractivity contribution in [2.45, 2.75) is 12.5 Å². The van der Waals surface area contributed by atoms with Crippen LogP contribution in [0.5, 0.6) is 0 Å². The minimum Gasteiger partial charge on any atom is -0.466 e. The lowest BCUT2D eigenvalue weighted by Crippen LogP contribution is -2.41. The van der Waals surface area contributed by atoms with Gasteiger partial charge in [0, 0.05) is 5.69 Å². The van der Waals surface area contributed by atoms with E-state index in [0.29, 0.717) is 11.3 Å². The number of anilines is 1. The molecule has 0 unspecified atom stereocenters. The van der Waals surface area contributed by atoms with Gasteiger partial charge in [-0.15, -0.1) is 0 Å². The van der Waals surface area contributed by atoms with Crippen molar-refractivity contribution in [3.63, 3.8) is 0 Å². The van der Waals surface area contributed by atoms with Crippen molar-refractivity contribution in [3.05, 3.63) is 54.0 Å². The smallest absolute Gasteiger partial charge is 0.325 e. The summed E-state index contributed by atoms with van der Waals surface area (Å²) in [6.45, 7) is 1.07. The summed E-state index contributed by atoms with van der Waals surface area (Å²) in [7, 11) is 0. The van der Waals surface area contributed by atoms with Crippen molar-refractivity contribution >= 4 is 23.5 Å². The molecule has 8 heteroatoms. The van der Waals surface area contributed by atoms with Gasteiger partial charge in [0.15, 0.2) is 5.54 Å². The summed E-state index contributed by atoms with van der Waals surface area (Å²) < 4.78 is 5.22. The van der Waals surface area contributed by atoms with Crippen LogP contribution in [-0.4, -0.2) is 29.3 Å². The first-order chi connectivity index (χ1) is 11.9. The third-order valence-electron chi connectivity index (χ3n) is 3.87. The van der Waals surface area contributed by atoms with Crippen molar-refractivity contribution in [1.29, 1.82) is 5.26 Å². The molecule has 1 aromatic heterocycles. The number of urea groups is 1. The monoisotopic (exact) mass is 338 g/mol. The Labute approximate surface area is 143 Å². The van der Waals surface area contributed by atoms with Crippen LogP contribution < -0.4 is 10.6 Å². The Balaban J connectivity index is 1.72. The lowest BCUT2D eigenvalue weighted by atomic mass is 9.99. The molecule has 2 aromatic rings. The van der Waals surface area contributed by atoms with Gasteiger partial charge >= 0.3 is 6.03 Å². The van der Waals surface area contributed by atoms with E-state index in [2.05, 4.69) is 10.6 Å². The predicted octanol–water partition coefficient (Wildman–Crippen LogP) is 1.56. The van der Waals surface area contributed by atoms with Gasteiger partial charge in [0.25, 0.3) is 5.91 Å². The molecule has 1 saturated heterocycles. The highest BCUT2D eigenvalue weighted by atomic mass is 16.3. The van der Waals surface area contributed by atoms with E-state index in [-0.39, 0.29) is 5.76 Å². The summed E-state index contributed by atoms with van der Waals surface area (Å²) in [4.78, 5) is 37.7. The van der Waals surface area contributed by atoms with E-state index in [1.54, 1.807) is 30.3 Å². The number of rotatable bonds is 4. The van der Waals surface area contributed by atoms with Gasteiger partial charge in [-0.1, -0.05) is 6.07 Å². The Morgan fingerprint density at radius 3 is 2.84 bits per heavy atom. The molecule has 0 radical (unpaired) electrons. The van der Waals surface area contributed by atoms with Crippen LogP contribution >= 0.6 is 0 Å². The molecule has 126 valence electrons. The SMILES string of the molecule is C[C@@]1(c2ccco2)NC(=O)N(CC(=O)Nc2cccc(C#N)c2)C1=O. The van der Waals surface area contributed by atoms with Crippen LogP contribution in [0.1, 0.15) is 18.2 Å². The summed E-state index contributed by atoms with van der Waals surface area (Å²) in [5.41, 5.74) is -0.551. The Morgan fingerprint density at radius 2 is 2.16 bits per heavy atom. The second kappa shape index (κ2) is 6.13. The molecule has 0 spiro atoms. The number of nitriles is 1. The van der Waals surface area contributed by atoms with Crippen molar-refractivity contribution in [3.8, 4) is 6.07 Å². The number of carbonyl (C=O) groups excluding carboxylic acids is 3. The fourth-order valence-electron chi connectivity index (χ4n) is 2.58. The summed E-state index contributed by atoms with van der Waals surface area (Å²) in [6.07, 6.45) is 1.40. The van der Waals surface area contributed by atoms with Crippen molar-refractivity contribution in [2.75, 3.05) is 11.9 Å². The highest BCUT2D eigenvalue weighted by Gasteiger charge is 2.51. The normalized spacial score (nSPS) is 19.4. The Morgan fingerprint density at radius 1 is 1.36 bits per heavy atom. The maximum atomic E-state index is 12.6. The third kappa shape index (κ3) is 2.95. The Hall–Kier alpha value is -3.60. The third-order valence-corrected chi connectivity index (χ3v) is 3.87. The first-order valence-electron chi connectivity index (χ1n) is 7.42. The van der Waals surface area contributed by atoms with Gasteiger partial charge in [0.1, 0.15) is 12.3 Å². The minimum atomic E-state index is -1.35. The molecule has 1 atom stereocenters. The van der Waals surface area contributed by atoms with E-state index >= 15 is 0 Å². The topological polar surface area (TPSA) is 115 Å². The second-order valence-electron chi connectivity index (χ2n) is 5.66. The number of benzene rings is 1. The summed E-state index contributed by atoms with van der Waals surface area (Å²) >= 11 is 0. The fourth-order valence-corrected chi connectivity index (χ4v) is 2.58. The molecule has 1 aliphatic rings. The van der Waals surface area contributed by atoms with E-state index in [1.165, 1.54) is 19.3 Å². The number of hydrogen-bond donors (Lipinski definition) is 2.